The largest absolute Gasteiger partial charge is 0.396 e. The molecule has 1 aliphatic rings. The van der Waals surface area contributed by atoms with Gasteiger partial charge in [0.05, 0.1) is 6.20 Å². The molecule has 1 aromatic heterocycles. The quantitative estimate of drug-likeness (QED) is 0.861. The minimum atomic E-state index is 0.216. The standard InChI is InChI=1S/C11H15Cl2N3O/c12-9-6-14-11(13)15-10(9)16-4-1-2-8(7-16)3-5-17/h6,8,17H,1-5,7H2. The summed E-state index contributed by atoms with van der Waals surface area (Å²) < 4.78 is 0. The van der Waals surface area contributed by atoms with Crippen LogP contribution in [0.25, 0.3) is 0 Å². The third kappa shape index (κ3) is 3.21. The molecule has 0 aliphatic carbocycles. The zero-order valence-electron chi connectivity index (χ0n) is 9.44. The average molecular weight is 276 g/mol. The van der Waals surface area contributed by atoms with Gasteiger partial charge in [0.15, 0.2) is 5.82 Å². The molecule has 0 radical (unpaired) electrons. The van der Waals surface area contributed by atoms with Gasteiger partial charge in [0, 0.05) is 19.7 Å². The van der Waals surface area contributed by atoms with Gasteiger partial charge in [-0.2, -0.15) is 4.98 Å². The Morgan fingerprint density at radius 3 is 3.06 bits per heavy atom. The van der Waals surface area contributed by atoms with E-state index in [-0.39, 0.29) is 11.9 Å². The Bertz CT molecular complexity index is 387. The second kappa shape index (κ2) is 5.85. The number of piperidine rings is 1. The van der Waals surface area contributed by atoms with Crippen LogP contribution < -0.4 is 4.90 Å². The average Bonchev–Trinajstić information content (AvgIpc) is 2.33. The molecule has 2 rings (SSSR count). The summed E-state index contributed by atoms with van der Waals surface area (Å²) >= 11 is 11.9. The highest BCUT2D eigenvalue weighted by molar-refractivity contribution is 6.33. The first-order chi connectivity index (χ1) is 8.20. The Morgan fingerprint density at radius 1 is 1.47 bits per heavy atom. The Hall–Kier alpha value is -0.580. The number of anilines is 1. The SMILES string of the molecule is OCCC1CCCN(c2nc(Cl)ncc2Cl)C1. The maximum absolute atomic E-state index is 8.98. The van der Waals surface area contributed by atoms with Gasteiger partial charge in [-0.3, -0.25) is 0 Å². The molecule has 1 N–H and O–H groups in total. The van der Waals surface area contributed by atoms with E-state index in [0.717, 1.165) is 32.4 Å². The number of aliphatic hydroxyl groups is 1. The molecule has 0 aromatic carbocycles. The van der Waals surface area contributed by atoms with E-state index in [1.165, 1.54) is 6.20 Å². The second-order valence-electron chi connectivity index (χ2n) is 4.28. The Kier molecular flexibility index (Phi) is 4.42. The van der Waals surface area contributed by atoms with E-state index in [4.69, 9.17) is 28.3 Å². The van der Waals surface area contributed by atoms with Crippen LogP contribution >= 0.6 is 23.2 Å². The van der Waals surface area contributed by atoms with E-state index in [0.29, 0.717) is 16.8 Å². The fraction of sp³-hybridized carbons (Fsp3) is 0.636. The summed E-state index contributed by atoms with van der Waals surface area (Å²) in [5.74, 6) is 1.20. The minimum Gasteiger partial charge on any atom is -0.396 e. The molecule has 4 nitrogen and oxygen atoms in total. The lowest BCUT2D eigenvalue weighted by Crippen LogP contribution is -2.36. The number of hydrogen-bond acceptors (Lipinski definition) is 4. The molecule has 0 amide bonds. The van der Waals surface area contributed by atoms with Gasteiger partial charge in [-0.15, -0.1) is 0 Å². The number of aliphatic hydroxyl groups excluding tert-OH is 1. The molecule has 0 saturated carbocycles. The van der Waals surface area contributed by atoms with Crippen LogP contribution in [0, 0.1) is 5.92 Å². The highest BCUT2D eigenvalue weighted by atomic mass is 35.5. The normalized spacial score (nSPS) is 20.6. The van der Waals surface area contributed by atoms with Gasteiger partial charge in [0.2, 0.25) is 5.28 Å². The molecule has 1 aliphatic heterocycles. The lowest BCUT2D eigenvalue weighted by molar-refractivity contribution is 0.244. The molecule has 94 valence electrons. The van der Waals surface area contributed by atoms with Crippen LogP contribution in [-0.2, 0) is 0 Å². The molecule has 1 fully saturated rings. The van der Waals surface area contributed by atoms with Crippen molar-refractivity contribution in [2.24, 2.45) is 5.92 Å². The van der Waals surface area contributed by atoms with E-state index in [1.807, 2.05) is 0 Å². The van der Waals surface area contributed by atoms with E-state index in [1.54, 1.807) is 0 Å². The van der Waals surface area contributed by atoms with Gasteiger partial charge in [0.25, 0.3) is 0 Å². The van der Waals surface area contributed by atoms with Crippen LogP contribution in [0.15, 0.2) is 6.20 Å². The summed E-state index contributed by atoms with van der Waals surface area (Å²) in [6.45, 7) is 2.03. The highest BCUT2D eigenvalue weighted by Gasteiger charge is 2.22. The van der Waals surface area contributed by atoms with Crippen molar-refractivity contribution in [3.8, 4) is 0 Å². The van der Waals surface area contributed by atoms with Crippen molar-refractivity contribution >= 4 is 29.0 Å². The number of aromatic nitrogens is 2. The Balaban J connectivity index is 2.13. The minimum absolute atomic E-state index is 0.216. The maximum atomic E-state index is 8.98. The molecule has 6 heteroatoms. The maximum Gasteiger partial charge on any atom is 0.224 e. The van der Waals surface area contributed by atoms with Gasteiger partial charge in [-0.05, 0) is 36.8 Å². The van der Waals surface area contributed by atoms with Crippen LogP contribution in [0.3, 0.4) is 0 Å². The summed E-state index contributed by atoms with van der Waals surface area (Å²) in [6.07, 6.45) is 4.59. The van der Waals surface area contributed by atoms with Gasteiger partial charge in [-0.25, -0.2) is 4.98 Å². The topological polar surface area (TPSA) is 49.2 Å². The highest BCUT2D eigenvalue weighted by Crippen LogP contribution is 2.29. The zero-order chi connectivity index (χ0) is 12.3. The van der Waals surface area contributed by atoms with Crippen LogP contribution in [-0.4, -0.2) is 34.8 Å². The van der Waals surface area contributed by atoms with Crippen LogP contribution in [0.4, 0.5) is 5.82 Å². The van der Waals surface area contributed by atoms with Gasteiger partial charge in [0.1, 0.15) is 5.02 Å². The first-order valence-corrected chi connectivity index (χ1v) is 6.50. The fourth-order valence-corrected chi connectivity index (χ4v) is 2.57. The molecule has 2 heterocycles. The fourth-order valence-electron chi connectivity index (χ4n) is 2.23. The Labute approximate surface area is 111 Å². The van der Waals surface area contributed by atoms with E-state index < -0.39 is 0 Å². The molecule has 1 saturated heterocycles. The first-order valence-electron chi connectivity index (χ1n) is 5.74. The molecular weight excluding hydrogens is 261 g/mol. The second-order valence-corrected chi connectivity index (χ2v) is 5.02. The van der Waals surface area contributed by atoms with Gasteiger partial charge >= 0.3 is 0 Å². The lowest BCUT2D eigenvalue weighted by atomic mass is 9.95. The van der Waals surface area contributed by atoms with Crippen LogP contribution in [0.1, 0.15) is 19.3 Å². The number of nitrogens with zero attached hydrogens (tertiary/aromatic N) is 3. The van der Waals surface area contributed by atoms with E-state index in [9.17, 15) is 0 Å². The third-order valence-electron chi connectivity index (χ3n) is 3.05. The van der Waals surface area contributed by atoms with Crippen molar-refractivity contribution in [2.45, 2.75) is 19.3 Å². The molecule has 0 spiro atoms. The van der Waals surface area contributed by atoms with Crippen molar-refractivity contribution in [1.82, 2.24) is 9.97 Å². The van der Waals surface area contributed by atoms with E-state index in [2.05, 4.69) is 14.9 Å². The summed E-state index contributed by atoms with van der Waals surface area (Å²) in [7, 11) is 0. The van der Waals surface area contributed by atoms with Crippen LogP contribution in [0.5, 0.6) is 0 Å². The van der Waals surface area contributed by atoms with Gasteiger partial charge < -0.3 is 10.0 Å². The lowest BCUT2D eigenvalue weighted by Gasteiger charge is -2.33. The summed E-state index contributed by atoms with van der Waals surface area (Å²) in [4.78, 5) is 10.1. The summed E-state index contributed by atoms with van der Waals surface area (Å²) in [5, 5.41) is 9.73. The van der Waals surface area contributed by atoms with Crippen molar-refractivity contribution < 1.29 is 5.11 Å². The van der Waals surface area contributed by atoms with Crippen LogP contribution in [0.2, 0.25) is 10.3 Å². The molecule has 0 bridgehead atoms. The van der Waals surface area contributed by atoms with Crippen molar-refractivity contribution in [3.63, 3.8) is 0 Å². The monoisotopic (exact) mass is 275 g/mol. The molecule has 1 atom stereocenters. The molecule has 1 unspecified atom stereocenters. The predicted molar refractivity (Wildman–Crippen MR) is 68.7 cm³/mol. The van der Waals surface area contributed by atoms with Gasteiger partial charge in [-0.1, -0.05) is 11.6 Å². The zero-order valence-corrected chi connectivity index (χ0v) is 11.0. The van der Waals surface area contributed by atoms with E-state index >= 15 is 0 Å². The predicted octanol–water partition coefficient (Wildman–Crippen LogP) is 2.38. The number of halogens is 2. The smallest absolute Gasteiger partial charge is 0.224 e. The Morgan fingerprint density at radius 2 is 2.29 bits per heavy atom. The summed E-state index contributed by atoms with van der Waals surface area (Å²) in [5.41, 5.74) is 0. The molecular formula is C11H15Cl2N3O. The molecule has 1 aromatic rings. The third-order valence-corrected chi connectivity index (χ3v) is 3.50. The van der Waals surface area contributed by atoms with Crippen molar-refractivity contribution in [2.75, 3.05) is 24.6 Å². The molecule has 17 heavy (non-hydrogen) atoms. The van der Waals surface area contributed by atoms with Crippen molar-refractivity contribution in [3.05, 3.63) is 16.5 Å². The first kappa shape index (κ1) is 12.9. The number of hydrogen-bond donors (Lipinski definition) is 1. The van der Waals surface area contributed by atoms with Crippen molar-refractivity contribution in [1.29, 1.82) is 0 Å². The number of rotatable bonds is 3. The summed E-state index contributed by atoms with van der Waals surface area (Å²) in [6, 6.07) is 0.